The number of nitrogens with one attached hydrogen (secondary N) is 1. The molecular formula is C13H14N3O2+. The Labute approximate surface area is 105 Å². The summed E-state index contributed by atoms with van der Waals surface area (Å²) in [6, 6.07) is 9.19. The van der Waals surface area contributed by atoms with Crippen LogP contribution < -0.4 is 9.99 Å². The van der Waals surface area contributed by atoms with E-state index in [2.05, 4.69) is 10.5 Å². The second-order valence-electron chi connectivity index (χ2n) is 3.76. The van der Waals surface area contributed by atoms with Crippen molar-refractivity contribution < 1.29 is 13.8 Å². The van der Waals surface area contributed by atoms with Gasteiger partial charge in [0.05, 0.1) is 6.26 Å². The van der Waals surface area contributed by atoms with Crippen LogP contribution in [-0.2, 0) is 11.3 Å². The number of nitrogens with zero attached hydrogens (tertiary/aromatic N) is 2. The minimum absolute atomic E-state index is 0.183. The van der Waals surface area contributed by atoms with Crippen LogP contribution in [0.4, 0.5) is 0 Å². The minimum atomic E-state index is -0.183. The maximum Gasteiger partial charge on any atom is 0.305 e. The number of furan rings is 1. The Morgan fingerprint density at radius 1 is 1.33 bits per heavy atom. The zero-order valence-corrected chi connectivity index (χ0v) is 10.0. The van der Waals surface area contributed by atoms with E-state index in [0.29, 0.717) is 11.5 Å². The van der Waals surface area contributed by atoms with E-state index < -0.39 is 0 Å². The van der Waals surface area contributed by atoms with Crippen molar-refractivity contribution in [2.45, 2.75) is 13.5 Å². The topological polar surface area (TPSA) is 58.5 Å². The molecule has 0 aliphatic heterocycles. The molecule has 1 N–H and O–H groups in total. The number of pyridine rings is 1. The molecule has 92 valence electrons. The maximum atomic E-state index is 11.6. The molecule has 0 spiro atoms. The van der Waals surface area contributed by atoms with Gasteiger partial charge < -0.3 is 4.42 Å². The summed E-state index contributed by atoms with van der Waals surface area (Å²) < 4.78 is 6.93. The Kier molecular flexibility index (Phi) is 3.86. The predicted octanol–water partition coefficient (Wildman–Crippen LogP) is 1.11. The Balaban J connectivity index is 1.91. The van der Waals surface area contributed by atoms with Crippen molar-refractivity contribution in [3.05, 3.63) is 54.7 Å². The third kappa shape index (κ3) is 3.28. The van der Waals surface area contributed by atoms with E-state index in [4.69, 9.17) is 4.42 Å². The van der Waals surface area contributed by atoms with Gasteiger partial charge in [-0.15, -0.1) is 0 Å². The highest BCUT2D eigenvalue weighted by Crippen LogP contribution is 2.00. The first kappa shape index (κ1) is 12.0. The lowest BCUT2D eigenvalue weighted by Gasteiger charge is -1.98. The summed E-state index contributed by atoms with van der Waals surface area (Å²) in [6.07, 6.45) is 5.21. The van der Waals surface area contributed by atoms with E-state index in [9.17, 15) is 4.79 Å². The average Bonchev–Trinajstić information content (AvgIpc) is 2.91. The van der Waals surface area contributed by atoms with E-state index in [1.165, 1.54) is 0 Å². The number of carbonyl (C=O) groups excluding carboxylic acids is 1. The highest BCUT2D eigenvalue weighted by Gasteiger charge is 2.08. The lowest BCUT2D eigenvalue weighted by Crippen LogP contribution is -2.41. The first-order valence-corrected chi connectivity index (χ1v) is 5.57. The van der Waals surface area contributed by atoms with Gasteiger partial charge in [-0.3, -0.25) is 4.79 Å². The van der Waals surface area contributed by atoms with Crippen LogP contribution in [-0.4, -0.2) is 11.6 Å². The van der Waals surface area contributed by atoms with Crippen LogP contribution in [0.1, 0.15) is 12.7 Å². The van der Waals surface area contributed by atoms with Gasteiger partial charge in [0.25, 0.3) is 0 Å². The average molecular weight is 244 g/mol. The molecule has 0 aliphatic rings. The van der Waals surface area contributed by atoms with Gasteiger partial charge in [-0.25, -0.2) is 5.43 Å². The first-order valence-electron chi connectivity index (χ1n) is 5.57. The molecule has 0 fully saturated rings. The Hall–Kier alpha value is -2.43. The SMILES string of the molecule is C/C(=N\NC(=O)C[n+]1ccccc1)c1ccco1. The molecule has 0 aliphatic carbocycles. The molecule has 0 bridgehead atoms. The van der Waals surface area contributed by atoms with Gasteiger partial charge in [-0.05, 0) is 19.1 Å². The van der Waals surface area contributed by atoms with Crippen molar-refractivity contribution in [2.75, 3.05) is 0 Å². The molecule has 0 aromatic carbocycles. The Bertz CT molecular complexity index is 533. The van der Waals surface area contributed by atoms with Crippen molar-refractivity contribution in [2.24, 2.45) is 5.10 Å². The third-order valence-electron chi connectivity index (χ3n) is 2.33. The number of rotatable bonds is 4. The summed E-state index contributed by atoms with van der Waals surface area (Å²) in [5.74, 6) is 0.458. The number of carbonyl (C=O) groups is 1. The van der Waals surface area contributed by atoms with Crippen LogP contribution in [0.25, 0.3) is 0 Å². The molecule has 2 aromatic rings. The van der Waals surface area contributed by atoms with E-state index in [0.717, 1.165) is 0 Å². The van der Waals surface area contributed by atoms with E-state index in [1.807, 2.05) is 30.6 Å². The largest absolute Gasteiger partial charge is 0.463 e. The van der Waals surface area contributed by atoms with Crippen LogP contribution >= 0.6 is 0 Å². The fourth-order valence-electron chi connectivity index (χ4n) is 1.43. The second-order valence-corrected chi connectivity index (χ2v) is 3.76. The summed E-state index contributed by atoms with van der Waals surface area (Å²) in [4.78, 5) is 11.6. The van der Waals surface area contributed by atoms with Crippen LogP contribution in [0.2, 0.25) is 0 Å². The standard InChI is InChI=1S/C13H13N3O2/c1-11(12-6-5-9-18-12)14-15-13(17)10-16-7-3-2-4-8-16/h2-9H,10H2,1H3/p+1/b14-11+. The van der Waals surface area contributed by atoms with Crippen molar-refractivity contribution in [1.29, 1.82) is 0 Å². The van der Waals surface area contributed by atoms with Crippen LogP contribution in [0.15, 0.2) is 58.5 Å². The highest BCUT2D eigenvalue weighted by molar-refractivity contribution is 5.96. The summed E-state index contributed by atoms with van der Waals surface area (Å²) in [5.41, 5.74) is 3.12. The summed E-state index contributed by atoms with van der Waals surface area (Å²) in [5, 5.41) is 3.97. The molecule has 2 rings (SSSR count). The highest BCUT2D eigenvalue weighted by atomic mass is 16.3. The molecule has 2 aromatic heterocycles. The molecule has 5 heteroatoms. The molecule has 0 saturated heterocycles. The van der Waals surface area contributed by atoms with E-state index in [1.54, 1.807) is 29.9 Å². The molecule has 1 amide bonds. The van der Waals surface area contributed by atoms with E-state index >= 15 is 0 Å². The van der Waals surface area contributed by atoms with Crippen molar-refractivity contribution in [3.8, 4) is 0 Å². The van der Waals surface area contributed by atoms with Crippen LogP contribution in [0.5, 0.6) is 0 Å². The van der Waals surface area contributed by atoms with Gasteiger partial charge in [0.2, 0.25) is 6.54 Å². The summed E-state index contributed by atoms with van der Waals surface area (Å²) in [7, 11) is 0. The zero-order chi connectivity index (χ0) is 12.8. The monoisotopic (exact) mass is 244 g/mol. The van der Waals surface area contributed by atoms with Gasteiger partial charge in [0.1, 0.15) is 11.5 Å². The second kappa shape index (κ2) is 5.77. The molecule has 18 heavy (non-hydrogen) atoms. The number of amides is 1. The first-order chi connectivity index (χ1) is 8.75. The molecular weight excluding hydrogens is 230 g/mol. The predicted molar refractivity (Wildman–Crippen MR) is 65.7 cm³/mol. The van der Waals surface area contributed by atoms with Crippen molar-refractivity contribution >= 4 is 11.6 Å². The fraction of sp³-hybridized carbons (Fsp3) is 0.154. The lowest BCUT2D eigenvalue weighted by atomic mass is 10.3. The maximum absolute atomic E-state index is 11.6. The Morgan fingerprint density at radius 2 is 2.11 bits per heavy atom. The molecule has 0 atom stereocenters. The zero-order valence-electron chi connectivity index (χ0n) is 10.0. The molecule has 5 nitrogen and oxygen atoms in total. The normalized spacial score (nSPS) is 11.3. The van der Waals surface area contributed by atoms with Gasteiger partial charge >= 0.3 is 5.91 Å². The summed E-state index contributed by atoms with van der Waals surface area (Å²) >= 11 is 0. The van der Waals surface area contributed by atoms with E-state index in [-0.39, 0.29) is 12.5 Å². The number of hydrogen-bond donors (Lipinski definition) is 1. The minimum Gasteiger partial charge on any atom is -0.463 e. The van der Waals surface area contributed by atoms with Crippen molar-refractivity contribution in [3.63, 3.8) is 0 Å². The Morgan fingerprint density at radius 3 is 2.78 bits per heavy atom. The van der Waals surface area contributed by atoms with Gasteiger partial charge in [-0.1, -0.05) is 6.07 Å². The van der Waals surface area contributed by atoms with Crippen LogP contribution in [0.3, 0.4) is 0 Å². The smallest absolute Gasteiger partial charge is 0.305 e. The van der Waals surface area contributed by atoms with Gasteiger partial charge in [0.15, 0.2) is 12.4 Å². The fourth-order valence-corrected chi connectivity index (χ4v) is 1.43. The summed E-state index contributed by atoms with van der Waals surface area (Å²) in [6.45, 7) is 2.00. The molecule has 0 radical (unpaired) electrons. The number of aromatic nitrogens is 1. The molecule has 2 heterocycles. The number of hydrazone groups is 1. The molecule has 0 saturated carbocycles. The lowest BCUT2D eigenvalue weighted by molar-refractivity contribution is -0.684. The van der Waals surface area contributed by atoms with Gasteiger partial charge in [0, 0.05) is 12.1 Å². The molecule has 0 unspecified atom stereocenters. The van der Waals surface area contributed by atoms with Gasteiger partial charge in [-0.2, -0.15) is 9.67 Å². The third-order valence-corrected chi connectivity index (χ3v) is 2.33. The number of hydrogen-bond acceptors (Lipinski definition) is 3. The van der Waals surface area contributed by atoms with Crippen LogP contribution in [0, 0.1) is 0 Å². The quantitative estimate of drug-likeness (QED) is 0.497. The van der Waals surface area contributed by atoms with Crippen molar-refractivity contribution in [1.82, 2.24) is 5.43 Å².